The zero-order chi connectivity index (χ0) is 11.4. The summed E-state index contributed by atoms with van der Waals surface area (Å²) in [5.41, 5.74) is 0. The van der Waals surface area contributed by atoms with Gasteiger partial charge in [-0.25, -0.2) is 0 Å². The smallest absolute Gasteiger partial charge is 0.168 e. The molecule has 1 spiro atoms. The first-order chi connectivity index (χ1) is 7.70. The van der Waals surface area contributed by atoms with Crippen LogP contribution >= 0.6 is 0 Å². The van der Waals surface area contributed by atoms with Crippen LogP contribution in [-0.2, 0) is 9.47 Å². The third-order valence-electron chi connectivity index (χ3n) is 3.45. The van der Waals surface area contributed by atoms with Crippen molar-refractivity contribution in [3.05, 3.63) is 0 Å². The van der Waals surface area contributed by atoms with Gasteiger partial charge >= 0.3 is 0 Å². The van der Waals surface area contributed by atoms with Crippen molar-refractivity contribution in [2.45, 2.75) is 57.8 Å². The zero-order valence-corrected chi connectivity index (χ0v) is 10.6. The molecule has 1 heterocycles. The molecule has 0 aromatic heterocycles. The molecule has 3 heteroatoms. The van der Waals surface area contributed by atoms with E-state index in [9.17, 15) is 0 Å². The summed E-state index contributed by atoms with van der Waals surface area (Å²) in [6, 6.07) is 0. The first kappa shape index (κ1) is 12.3. The van der Waals surface area contributed by atoms with E-state index in [4.69, 9.17) is 9.47 Å². The molecule has 1 aliphatic carbocycles. The molecule has 0 amide bonds. The molecule has 0 aromatic rings. The maximum atomic E-state index is 6.09. The van der Waals surface area contributed by atoms with Gasteiger partial charge in [-0.1, -0.05) is 20.3 Å². The van der Waals surface area contributed by atoms with Crippen LogP contribution < -0.4 is 5.32 Å². The van der Waals surface area contributed by atoms with Crippen molar-refractivity contribution in [2.75, 3.05) is 19.7 Å². The van der Waals surface area contributed by atoms with E-state index in [1.165, 1.54) is 19.3 Å². The number of hydrogen-bond donors (Lipinski definition) is 1. The minimum atomic E-state index is -0.206. The summed E-state index contributed by atoms with van der Waals surface area (Å²) in [6.07, 6.45) is 6.29. The number of ether oxygens (including phenoxy) is 2. The Balaban J connectivity index is 1.70. The van der Waals surface area contributed by atoms with E-state index in [2.05, 4.69) is 19.2 Å². The summed E-state index contributed by atoms with van der Waals surface area (Å²) in [7, 11) is 0. The third kappa shape index (κ3) is 3.19. The highest BCUT2D eigenvalue weighted by Gasteiger charge is 2.41. The van der Waals surface area contributed by atoms with Gasteiger partial charge in [-0.2, -0.15) is 0 Å². The molecule has 1 aliphatic heterocycles. The lowest BCUT2D eigenvalue weighted by atomic mass is 9.94. The molecule has 1 saturated heterocycles. The summed E-state index contributed by atoms with van der Waals surface area (Å²) in [6.45, 7) is 7.21. The fourth-order valence-corrected chi connectivity index (χ4v) is 2.60. The summed E-state index contributed by atoms with van der Waals surface area (Å²) < 4.78 is 12.0. The number of hydrogen-bond acceptors (Lipinski definition) is 3. The Bertz CT molecular complexity index is 212. The Hall–Kier alpha value is -0.120. The minimum Gasteiger partial charge on any atom is -0.347 e. The van der Waals surface area contributed by atoms with Gasteiger partial charge in [0, 0.05) is 19.4 Å². The second-order valence-electron chi connectivity index (χ2n) is 5.57. The molecule has 2 rings (SSSR count). The SMILES string of the molecule is CC(C)CNCC1COC2(CCCCC2)O1. The molecule has 2 fully saturated rings. The molecule has 94 valence electrons. The second kappa shape index (κ2) is 5.48. The van der Waals surface area contributed by atoms with Gasteiger partial charge in [0.05, 0.1) is 12.7 Å². The Kier molecular flexibility index (Phi) is 4.22. The summed E-state index contributed by atoms with van der Waals surface area (Å²) in [4.78, 5) is 0. The fourth-order valence-electron chi connectivity index (χ4n) is 2.60. The number of nitrogens with one attached hydrogen (secondary N) is 1. The third-order valence-corrected chi connectivity index (χ3v) is 3.45. The van der Waals surface area contributed by atoms with E-state index in [1.54, 1.807) is 0 Å². The first-order valence-electron chi connectivity index (χ1n) is 6.73. The molecule has 0 radical (unpaired) electrons. The number of rotatable bonds is 4. The largest absolute Gasteiger partial charge is 0.347 e. The van der Waals surface area contributed by atoms with Gasteiger partial charge in [0.2, 0.25) is 0 Å². The standard InChI is InChI=1S/C13H25NO2/c1-11(2)8-14-9-12-10-15-13(16-12)6-4-3-5-7-13/h11-12,14H,3-10H2,1-2H3. The topological polar surface area (TPSA) is 30.5 Å². The van der Waals surface area contributed by atoms with E-state index in [-0.39, 0.29) is 11.9 Å². The highest BCUT2D eigenvalue weighted by atomic mass is 16.7. The van der Waals surface area contributed by atoms with Gasteiger partial charge in [0.1, 0.15) is 0 Å². The van der Waals surface area contributed by atoms with Gasteiger partial charge in [-0.15, -0.1) is 0 Å². The molecule has 1 unspecified atom stereocenters. The van der Waals surface area contributed by atoms with Crippen molar-refractivity contribution >= 4 is 0 Å². The van der Waals surface area contributed by atoms with Crippen molar-refractivity contribution in [1.29, 1.82) is 0 Å². The summed E-state index contributed by atoms with van der Waals surface area (Å²) in [5.74, 6) is 0.494. The lowest BCUT2D eigenvalue weighted by Crippen LogP contribution is -2.36. The van der Waals surface area contributed by atoms with Crippen molar-refractivity contribution in [2.24, 2.45) is 5.92 Å². The highest BCUT2D eigenvalue weighted by molar-refractivity contribution is 4.83. The van der Waals surface area contributed by atoms with E-state index in [0.29, 0.717) is 5.92 Å². The minimum absolute atomic E-state index is 0.206. The van der Waals surface area contributed by atoms with Gasteiger partial charge in [0.25, 0.3) is 0 Å². The fraction of sp³-hybridized carbons (Fsp3) is 1.00. The van der Waals surface area contributed by atoms with Crippen molar-refractivity contribution in [1.82, 2.24) is 5.32 Å². The van der Waals surface area contributed by atoms with Crippen LogP contribution in [0.1, 0.15) is 46.0 Å². The second-order valence-corrected chi connectivity index (χ2v) is 5.57. The van der Waals surface area contributed by atoms with E-state index in [0.717, 1.165) is 32.5 Å². The molecular formula is C13H25NO2. The lowest BCUT2D eigenvalue weighted by Gasteiger charge is -2.31. The Morgan fingerprint density at radius 1 is 1.25 bits per heavy atom. The van der Waals surface area contributed by atoms with Crippen LogP contribution in [0.25, 0.3) is 0 Å². The van der Waals surface area contributed by atoms with E-state index in [1.807, 2.05) is 0 Å². The van der Waals surface area contributed by atoms with Gasteiger partial charge in [-0.3, -0.25) is 0 Å². The molecule has 1 N–H and O–H groups in total. The van der Waals surface area contributed by atoms with Gasteiger partial charge in [-0.05, 0) is 25.3 Å². The van der Waals surface area contributed by atoms with Crippen LogP contribution in [0.5, 0.6) is 0 Å². The van der Waals surface area contributed by atoms with Gasteiger partial charge in [0.15, 0.2) is 5.79 Å². The lowest BCUT2D eigenvalue weighted by molar-refractivity contribution is -0.186. The molecule has 2 aliphatic rings. The zero-order valence-electron chi connectivity index (χ0n) is 10.6. The Morgan fingerprint density at radius 3 is 2.69 bits per heavy atom. The van der Waals surface area contributed by atoms with Crippen LogP contribution in [0.4, 0.5) is 0 Å². The molecule has 16 heavy (non-hydrogen) atoms. The quantitative estimate of drug-likeness (QED) is 0.799. The normalized spacial score (nSPS) is 29.1. The monoisotopic (exact) mass is 227 g/mol. The van der Waals surface area contributed by atoms with Crippen LogP contribution in [0.15, 0.2) is 0 Å². The van der Waals surface area contributed by atoms with Gasteiger partial charge < -0.3 is 14.8 Å². The van der Waals surface area contributed by atoms with Crippen molar-refractivity contribution in [3.8, 4) is 0 Å². The maximum Gasteiger partial charge on any atom is 0.168 e. The predicted molar refractivity (Wildman–Crippen MR) is 64.3 cm³/mol. The Labute approximate surface area is 98.9 Å². The van der Waals surface area contributed by atoms with Crippen molar-refractivity contribution < 1.29 is 9.47 Å². The average molecular weight is 227 g/mol. The van der Waals surface area contributed by atoms with E-state index < -0.39 is 0 Å². The van der Waals surface area contributed by atoms with Crippen molar-refractivity contribution in [3.63, 3.8) is 0 Å². The predicted octanol–water partition coefficient (Wildman–Crippen LogP) is 2.31. The average Bonchev–Trinajstić information content (AvgIpc) is 2.62. The first-order valence-corrected chi connectivity index (χ1v) is 6.73. The summed E-state index contributed by atoms with van der Waals surface area (Å²) >= 11 is 0. The Morgan fingerprint density at radius 2 is 2.00 bits per heavy atom. The van der Waals surface area contributed by atoms with Crippen LogP contribution in [0.2, 0.25) is 0 Å². The van der Waals surface area contributed by atoms with E-state index >= 15 is 0 Å². The molecule has 0 aromatic carbocycles. The molecule has 3 nitrogen and oxygen atoms in total. The molecular weight excluding hydrogens is 202 g/mol. The highest BCUT2D eigenvalue weighted by Crippen LogP contribution is 2.37. The molecule has 0 bridgehead atoms. The maximum absolute atomic E-state index is 6.09. The van der Waals surface area contributed by atoms with Crippen LogP contribution in [0, 0.1) is 5.92 Å². The van der Waals surface area contributed by atoms with Crippen LogP contribution in [-0.4, -0.2) is 31.6 Å². The summed E-state index contributed by atoms with van der Waals surface area (Å²) in [5, 5.41) is 3.44. The van der Waals surface area contributed by atoms with Crippen LogP contribution in [0.3, 0.4) is 0 Å². The molecule has 1 atom stereocenters. The molecule has 1 saturated carbocycles.